The van der Waals surface area contributed by atoms with Gasteiger partial charge in [0.25, 0.3) is 0 Å². The van der Waals surface area contributed by atoms with Crippen molar-refractivity contribution in [3.8, 4) is 0 Å². The minimum absolute atomic E-state index is 0.720. The first-order valence-electron chi connectivity index (χ1n) is 8.94. The van der Waals surface area contributed by atoms with Gasteiger partial charge < -0.3 is 10.2 Å². The number of nitrogens with zero attached hydrogens (tertiary/aromatic N) is 1. The van der Waals surface area contributed by atoms with Crippen molar-refractivity contribution in [2.24, 2.45) is 23.7 Å². The molecule has 2 rings (SSSR count). The second-order valence-corrected chi connectivity index (χ2v) is 8.08. The molecule has 2 aliphatic rings. The molecule has 4 unspecified atom stereocenters. The SMILES string of the molecule is CC1CCC(C(C)C)C(NCC2CCN(C(C)C)C2)C1. The molecule has 1 saturated carbocycles. The molecule has 1 aliphatic carbocycles. The number of rotatable bonds is 5. The smallest absolute Gasteiger partial charge is 0.0100 e. The van der Waals surface area contributed by atoms with E-state index in [4.69, 9.17) is 0 Å². The van der Waals surface area contributed by atoms with E-state index in [0.29, 0.717) is 0 Å². The van der Waals surface area contributed by atoms with Gasteiger partial charge in [0.15, 0.2) is 0 Å². The molecular formula is C18H36N2. The monoisotopic (exact) mass is 280 g/mol. The van der Waals surface area contributed by atoms with E-state index in [9.17, 15) is 0 Å². The van der Waals surface area contributed by atoms with Gasteiger partial charge in [0.1, 0.15) is 0 Å². The largest absolute Gasteiger partial charge is 0.313 e. The van der Waals surface area contributed by atoms with E-state index in [2.05, 4.69) is 44.8 Å². The third-order valence-corrected chi connectivity index (χ3v) is 5.74. The number of hydrogen-bond acceptors (Lipinski definition) is 2. The molecule has 1 aliphatic heterocycles. The zero-order valence-corrected chi connectivity index (χ0v) is 14.4. The molecule has 2 fully saturated rings. The summed E-state index contributed by atoms with van der Waals surface area (Å²) in [4.78, 5) is 2.63. The summed E-state index contributed by atoms with van der Waals surface area (Å²) in [6.45, 7) is 15.8. The fourth-order valence-electron chi connectivity index (χ4n) is 4.25. The lowest BCUT2D eigenvalue weighted by molar-refractivity contribution is 0.164. The van der Waals surface area contributed by atoms with Crippen molar-refractivity contribution in [2.45, 2.75) is 72.4 Å². The molecule has 0 radical (unpaired) electrons. The van der Waals surface area contributed by atoms with Crippen LogP contribution in [0.1, 0.15) is 60.3 Å². The Morgan fingerprint density at radius 1 is 1.10 bits per heavy atom. The van der Waals surface area contributed by atoms with Gasteiger partial charge in [-0.3, -0.25) is 0 Å². The lowest BCUT2D eigenvalue weighted by atomic mass is 9.74. The van der Waals surface area contributed by atoms with Gasteiger partial charge in [-0.25, -0.2) is 0 Å². The summed E-state index contributed by atoms with van der Waals surface area (Å²) in [5, 5.41) is 3.96. The van der Waals surface area contributed by atoms with Crippen LogP contribution in [0.4, 0.5) is 0 Å². The topological polar surface area (TPSA) is 15.3 Å². The number of hydrogen-bond donors (Lipinski definition) is 1. The third-order valence-electron chi connectivity index (χ3n) is 5.74. The molecule has 1 N–H and O–H groups in total. The molecule has 20 heavy (non-hydrogen) atoms. The molecule has 1 heterocycles. The molecule has 0 amide bonds. The fourth-order valence-corrected chi connectivity index (χ4v) is 4.25. The van der Waals surface area contributed by atoms with Gasteiger partial charge in [-0.1, -0.05) is 27.2 Å². The molecule has 0 spiro atoms. The highest BCUT2D eigenvalue weighted by Crippen LogP contribution is 2.33. The average Bonchev–Trinajstić information content (AvgIpc) is 2.85. The van der Waals surface area contributed by atoms with Crippen LogP contribution in [0.2, 0.25) is 0 Å². The van der Waals surface area contributed by atoms with Gasteiger partial charge in [0, 0.05) is 18.6 Å². The number of nitrogens with one attached hydrogen (secondary N) is 1. The Hall–Kier alpha value is -0.0800. The van der Waals surface area contributed by atoms with Crippen LogP contribution >= 0.6 is 0 Å². The molecule has 118 valence electrons. The second-order valence-electron chi connectivity index (χ2n) is 8.08. The Balaban J connectivity index is 1.79. The predicted molar refractivity (Wildman–Crippen MR) is 87.9 cm³/mol. The van der Waals surface area contributed by atoms with E-state index < -0.39 is 0 Å². The van der Waals surface area contributed by atoms with Crippen molar-refractivity contribution >= 4 is 0 Å². The van der Waals surface area contributed by atoms with E-state index in [-0.39, 0.29) is 0 Å². The summed E-state index contributed by atoms with van der Waals surface area (Å²) in [6, 6.07) is 1.49. The zero-order chi connectivity index (χ0) is 14.7. The molecular weight excluding hydrogens is 244 g/mol. The first-order chi connectivity index (χ1) is 9.47. The molecule has 0 aromatic heterocycles. The second kappa shape index (κ2) is 7.26. The summed E-state index contributed by atoms with van der Waals surface area (Å²) < 4.78 is 0. The van der Waals surface area contributed by atoms with Crippen LogP contribution in [-0.2, 0) is 0 Å². The predicted octanol–water partition coefficient (Wildman–Crippen LogP) is 3.77. The Labute approximate surface area is 126 Å². The van der Waals surface area contributed by atoms with Crippen molar-refractivity contribution in [2.75, 3.05) is 19.6 Å². The molecule has 0 aromatic rings. The van der Waals surface area contributed by atoms with Crippen LogP contribution in [0, 0.1) is 23.7 Å². The maximum absolute atomic E-state index is 3.96. The van der Waals surface area contributed by atoms with E-state index in [1.165, 1.54) is 45.3 Å². The summed E-state index contributed by atoms with van der Waals surface area (Å²) in [5.74, 6) is 3.52. The average molecular weight is 280 g/mol. The first-order valence-corrected chi connectivity index (χ1v) is 8.94. The van der Waals surface area contributed by atoms with Gasteiger partial charge in [0.05, 0.1) is 0 Å². The summed E-state index contributed by atoms with van der Waals surface area (Å²) in [7, 11) is 0. The van der Waals surface area contributed by atoms with Crippen molar-refractivity contribution in [1.82, 2.24) is 10.2 Å². The summed E-state index contributed by atoms with van der Waals surface area (Å²) in [5.41, 5.74) is 0. The van der Waals surface area contributed by atoms with Gasteiger partial charge in [-0.05, 0) is 69.9 Å². The highest BCUT2D eigenvalue weighted by atomic mass is 15.2. The van der Waals surface area contributed by atoms with E-state index in [1.54, 1.807) is 0 Å². The zero-order valence-electron chi connectivity index (χ0n) is 14.4. The molecule has 2 nitrogen and oxygen atoms in total. The Morgan fingerprint density at radius 3 is 2.45 bits per heavy atom. The Kier molecular flexibility index (Phi) is 5.92. The fraction of sp³-hybridized carbons (Fsp3) is 1.00. The summed E-state index contributed by atoms with van der Waals surface area (Å²) in [6.07, 6.45) is 5.65. The van der Waals surface area contributed by atoms with Crippen LogP contribution in [0.5, 0.6) is 0 Å². The van der Waals surface area contributed by atoms with Crippen molar-refractivity contribution in [1.29, 1.82) is 0 Å². The van der Waals surface area contributed by atoms with E-state index >= 15 is 0 Å². The van der Waals surface area contributed by atoms with Gasteiger partial charge in [-0.2, -0.15) is 0 Å². The third kappa shape index (κ3) is 4.21. The lowest BCUT2D eigenvalue weighted by Crippen LogP contribution is -2.45. The van der Waals surface area contributed by atoms with Gasteiger partial charge in [0.2, 0.25) is 0 Å². The van der Waals surface area contributed by atoms with Crippen LogP contribution in [0.3, 0.4) is 0 Å². The molecule has 2 heteroatoms. The Morgan fingerprint density at radius 2 is 1.85 bits per heavy atom. The maximum Gasteiger partial charge on any atom is 0.0100 e. The maximum atomic E-state index is 3.96. The van der Waals surface area contributed by atoms with Crippen LogP contribution in [0.25, 0.3) is 0 Å². The van der Waals surface area contributed by atoms with Crippen LogP contribution in [0.15, 0.2) is 0 Å². The van der Waals surface area contributed by atoms with E-state index in [1.807, 2.05) is 0 Å². The molecule has 1 saturated heterocycles. The summed E-state index contributed by atoms with van der Waals surface area (Å²) >= 11 is 0. The minimum atomic E-state index is 0.720. The Bertz CT molecular complexity index is 287. The molecule has 4 atom stereocenters. The highest BCUT2D eigenvalue weighted by molar-refractivity contribution is 4.87. The van der Waals surface area contributed by atoms with Crippen molar-refractivity contribution < 1.29 is 0 Å². The first kappa shape index (κ1) is 16.3. The molecule has 0 bridgehead atoms. The van der Waals surface area contributed by atoms with Gasteiger partial charge in [-0.15, -0.1) is 0 Å². The standard InChI is InChI=1S/C18H36N2/c1-13(2)17-7-6-15(5)10-18(17)19-11-16-8-9-20(12-16)14(3)4/h13-19H,6-12H2,1-5H3. The van der Waals surface area contributed by atoms with Crippen LogP contribution in [-0.4, -0.2) is 36.6 Å². The normalized spacial score (nSPS) is 36.1. The quantitative estimate of drug-likeness (QED) is 0.825. The molecule has 0 aromatic carbocycles. The lowest BCUT2D eigenvalue weighted by Gasteiger charge is -2.38. The van der Waals surface area contributed by atoms with Crippen molar-refractivity contribution in [3.05, 3.63) is 0 Å². The number of likely N-dealkylation sites (tertiary alicyclic amines) is 1. The highest BCUT2D eigenvalue weighted by Gasteiger charge is 2.31. The van der Waals surface area contributed by atoms with Crippen molar-refractivity contribution in [3.63, 3.8) is 0 Å². The van der Waals surface area contributed by atoms with Gasteiger partial charge >= 0.3 is 0 Å². The minimum Gasteiger partial charge on any atom is -0.313 e. The van der Waals surface area contributed by atoms with E-state index in [0.717, 1.165) is 35.8 Å². The van der Waals surface area contributed by atoms with Crippen LogP contribution < -0.4 is 5.32 Å².